The van der Waals surface area contributed by atoms with E-state index in [0.717, 1.165) is 10.5 Å². The highest BCUT2D eigenvalue weighted by Gasteiger charge is 2.12. The van der Waals surface area contributed by atoms with Gasteiger partial charge in [0.15, 0.2) is 0 Å². The van der Waals surface area contributed by atoms with Crippen LogP contribution in [0.4, 0.5) is 10.5 Å². The molecule has 1 aromatic rings. The van der Waals surface area contributed by atoms with Gasteiger partial charge in [0.05, 0.1) is 11.9 Å². The third-order valence-corrected chi connectivity index (χ3v) is 2.00. The number of aliphatic carboxylic acids is 1. The van der Waals surface area contributed by atoms with Crippen molar-refractivity contribution in [1.29, 1.82) is 0 Å². The van der Waals surface area contributed by atoms with Crippen LogP contribution < -0.4 is 5.32 Å². The number of hydrogen-bond donors (Lipinski definition) is 2. The Morgan fingerprint density at radius 3 is 2.81 bits per heavy atom. The number of aryl methyl sites for hydroxylation is 1. The smallest absolute Gasteiger partial charge is 0.323 e. The molecule has 1 rings (SSSR count). The maximum Gasteiger partial charge on any atom is 0.323 e. The van der Waals surface area contributed by atoms with Crippen molar-refractivity contribution in [3.8, 4) is 0 Å². The van der Waals surface area contributed by atoms with Gasteiger partial charge in [0, 0.05) is 13.2 Å². The van der Waals surface area contributed by atoms with E-state index < -0.39 is 12.0 Å². The first-order chi connectivity index (χ1) is 7.50. The summed E-state index contributed by atoms with van der Waals surface area (Å²) < 4.78 is 0. The first-order valence-electron chi connectivity index (χ1n) is 4.65. The van der Waals surface area contributed by atoms with Gasteiger partial charge in [-0.2, -0.15) is 0 Å². The number of nitrogens with zero attached hydrogens (tertiary/aromatic N) is 2. The molecule has 0 fully saturated rings. The lowest BCUT2D eigenvalue weighted by atomic mass is 10.2. The van der Waals surface area contributed by atoms with Gasteiger partial charge in [-0.05, 0) is 18.6 Å². The molecule has 2 N–H and O–H groups in total. The van der Waals surface area contributed by atoms with Crippen molar-refractivity contribution < 1.29 is 14.7 Å². The van der Waals surface area contributed by atoms with Gasteiger partial charge >= 0.3 is 12.0 Å². The molecule has 6 heteroatoms. The summed E-state index contributed by atoms with van der Waals surface area (Å²) in [4.78, 5) is 26.9. The number of hydrogen-bond acceptors (Lipinski definition) is 3. The molecule has 0 saturated heterocycles. The molecule has 16 heavy (non-hydrogen) atoms. The van der Waals surface area contributed by atoms with Crippen LogP contribution >= 0.6 is 0 Å². The van der Waals surface area contributed by atoms with E-state index in [0.29, 0.717) is 5.69 Å². The summed E-state index contributed by atoms with van der Waals surface area (Å²) in [7, 11) is 1.41. The Balaban J connectivity index is 2.64. The van der Waals surface area contributed by atoms with E-state index in [9.17, 15) is 9.59 Å². The number of rotatable bonds is 3. The monoisotopic (exact) mass is 223 g/mol. The molecule has 0 aliphatic heterocycles. The normalized spacial score (nSPS) is 9.62. The zero-order valence-electron chi connectivity index (χ0n) is 9.10. The Morgan fingerprint density at radius 2 is 2.25 bits per heavy atom. The largest absolute Gasteiger partial charge is 0.480 e. The van der Waals surface area contributed by atoms with Crippen molar-refractivity contribution in [1.82, 2.24) is 9.88 Å². The topological polar surface area (TPSA) is 82.5 Å². The number of anilines is 1. The fourth-order valence-corrected chi connectivity index (χ4v) is 1.08. The molecule has 86 valence electrons. The van der Waals surface area contributed by atoms with E-state index in [2.05, 4.69) is 10.3 Å². The van der Waals surface area contributed by atoms with Gasteiger partial charge in [0.1, 0.15) is 6.54 Å². The lowest BCUT2D eigenvalue weighted by molar-refractivity contribution is -0.137. The molecule has 6 nitrogen and oxygen atoms in total. The van der Waals surface area contributed by atoms with E-state index in [4.69, 9.17) is 5.11 Å². The molecule has 0 radical (unpaired) electrons. The molecule has 1 heterocycles. The van der Waals surface area contributed by atoms with Gasteiger partial charge in [-0.1, -0.05) is 0 Å². The fraction of sp³-hybridized carbons (Fsp3) is 0.300. The number of urea groups is 1. The van der Waals surface area contributed by atoms with Gasteiger partial charge < -0.3 is 15.3 Å². The molecule has 0 aromatic carbocycles. The number of nitrogens with one attached hydrogen (secondary N) is 1. The molecule has 0 spiro atoms. The van der Waals surface area contributed by atoms with Crippen LogP contribution in [0.1, 0.15) is 5.56 Å². The fourth-order valence-electron chi connectivity index (χ4n) is 1.08. The van der Waals surface area contributed by atoms with Gasteiger partial charge in [0.2, 0.25) is 0 Å². The third-order valence-electron chi connectivity index (χ3n) is 2.00. The van der Waals surface area contributed by atoms with E-state index in [-0.39, 0.29) is 6.54 Å². The van der Waals surface area contributed by atoms with Crippen molar-refractivity contribution in [3.05, 3.63) is 24.0 Å². The average Bonchev–Trinajstić information content (AvgIpc) is 2.20. The highest BCUT2D eigenvalue weighted by Crippen LogP contribution is 2.11. The summed E-state index contributed by atoms with van der Waals surface area (Å²) in [5.41, 5.74) is 1.44. The molecular weight excluding hydrogens is 210 g/mol. The maximum absolute atomic E-state index is 11.5. The molecular formula is C10H13N3O3. The number of aromatic nitrogens is 1. The van der Waals surface area contributed by atoms with Crippen LogP contribution in [-0.4, -0.2) is 40.6 Å². The maximum atomic E-state index is 11.5. The number of carboxylic acids is 1. The highest BCUT2D eigenvalue weighted by molar-refractivity contribution is 5.91. The summed E-state index contributed by atoms with van der Waals surface area (Å²) in [6, 6.07) is 1.28. The number of amides is 2. The summed E-state index contributed by atoms with van der Waals surface area (Å²) in [6.45, 7) is 1.49. The number of likely N-dealkylation sites (N-methyl/N-ethyl adjacent to an activating group) is 1. The lowest BCUT2D eigenvalue weighted by Gasteiger charge is -2.16. The summed E-state index contributed by atoms with van der Waals surface area (Å²) in [6.07, 6.45) is 3.13. The molecule has 0 saturated carbocycles. The number of carboxylic acid groups (broad SMARTS) is 1. The number of carbonyl (C=O) groups excluding carboxylic acids is 1. The Bertz CT molecular complexity index is 406. The number of carbonyl (C=O) groups is 2. The van der Waals surface area contributed by atoms with Gasteiger partial charge in [0.25, 0.3) is 0 Å². The molecule has 0 unspecified atom stereocenters. The van der Waals surface area contributed by atoms with E-state index in [1.165, 1.54) is 13.2 Å². The second-order valence-corrected chi connectivity index (χ2v) is 3.37. The molecule has 1 aromatic heterocycles. The predicted molar refractivity (Wildman–Crippen MR) is 58.3 cm³/mol. The Labute approximate surface area is 92.9 Å². The van der Waals surface area contributed by atoms with Gasteiger partial charge in [-0.3, -0.25) is 9.78 Å². The minimum Gasteiger partial charge on any atom is -0.480 e. The van der Waals surface area contributed by atoms with E-state index in [1.54, 1.807) is 12.3 Å². The van der Waals surface area contributed by atoms with Crippen LogP contribution in [0.25, 0.3) is 0 Å². The van der Waals surface area contributed by atoms with Crippen LogP contribution in [0.3, 0.4) is 0 Å². The Kier molecular flexibility index (Phi) is 3.82. The number of pyridine rings is 1. The standard InChI is InChI=1S/C10H13N3O3/c1-7-3-4-11-5-8(7)12-10(16)13(2)6-9(14)15/h3-5H,6H2,1-2H3,(H,12,16)(H,14,15). The van der Waals surface area contributed by atoms with Crippen LogP contribution in [0.5, 0.6) is 0 Å². The van der Waals surface area contributed by atoms with Crippen molar-refractivity contribution in [2.45, 2.75) is 6.92 Å². The third kappa shape index (κ3) is 3.23. The van der Waals surface area contributed by atoms with Crippen molar-refractivity contribution >= 4 is 17.7 Å². The predicted octanol–water partition coefficient (Wildman–Crippen LogP) is 0.938. The molecule has 0 aliphatic rings. The van der Waals surface area contributed by atoms with Crippen LogP contribution in [-0.2, 0) is 4.79 Å². The SMILES string of the molecule is Cc1ccncc1NC(=O)N(C)CC(=O)O. The summed E-state index contributed by atoms with van der Waals surface area (Å²) in [5, 5.41) is 11.1. The second kappa shape index (κ2) is 5.11. The Hall–Kier alpha value is -2.11. The lowest BCUT2D eigenvalue weighted by Crippen LogP contribution is -2.35. The van der Waals surface area contributed by atoms with Crippen molar-refractivity contribution in [2.75, 3.05) is 18.9 Å². The first-order valence-corrected chi connectivity index (χ1v) is 4.65. The van der Waals surface area contributed by atoms with Crippen LogP contribution in [0, 0.1) is 6.92 Å². The van der Waals surface area contributed by atoms with Crippen LogP contribution in [0.2, 0.25) is 0 Å². The van der Waals surface area contributed by atoms with Gasteiger partial charge in [-0.15, -0.1) is 0 Å². The quantitative estimate of drug-likeness (QED) is 0.798. The Morgan fingerprint density at radius 1 is 1.56 bits per heavy atom. The molecule has 2 amide bonds. The zero-order valence-corrected chi connectivity index (χ0v) is 9.10. The summed E-state index contributed by atoms with van der Waals surface area (Å²) in [5.74, 6) is -1.06. The van der Waals surface area contributed by atoms with Crippen LogP contribution in [0.15, 0.2) is 18.5 Å². The molecule has 0 bridgehead atoms. The minimum absolute atomic E-state index is 0.342. The van der Waals surface area contributed by atoms with Crippen molar-refractivity contribution in [2.24, 2.45) is 0 Å². The highest BCUT2D eigenvalue weighted by atomic mass is 16.4. The van der Waals surface area contributed by atoms with E-state index in [1.807, 2.05) is 6.92 Å². The second-order valence-electron chi connectivity index (χ2n) is 3.37. The van der Waals surface area contributed by atoms with E-state index >= 15 is 0 Å². The zero-order chi connectivity index (χ0) is 12.1. The molecule has 0 aliphatic carbocycles. The minimum atomic E-state index is -1.06. The first kappa shape index (κ1) is 12.0. The average molecular weight is 223 g/mol. The molecule has 0 atom stereocenters. The van der Waals surface area contributed by atoms with Gasteiger partial charge in [-0.25, -0.2) is 4.79 Å². The van der Waals surface area contributed by atoms with Crippen molar-refractivity contribution in [3.63, 3.8) is 0 Å². The summed E-state index contributed by atoms with van der Waals surface area (Å²) >= 11 is 0.